The Morgan fingerprint density at radius 3 is 1.95 bits per heavy atom. The van der Waals surface area contributed by atoms with E-state index in [0.717, 1.165) is 16.7 Å². The van der Waals surface area contributed by atoms with E-state index in [2.05, 4.69) is 9.47 Å². The average Bonchev–Trinajstić information content (AvgIpc) is 2.48. The summed E-state index contributed by atoms with van der Waals surface area (Å²) < 4.78 is 20.0. The van der Waals surface area contributed by atoms with Gasteiger partial charge in [-0.1, -0.05) is 0 Å². The van der Waals surface area contributed by atoms with Crippen LogP contribution in [0.3, 0.4) is 0 Å². The first-order valence-electron chi connectivity index (χ1n) is 6.40. The molecule has 21 heavy (non-hydrogen) atoms. The molecule has 1 rings (SSSR count). The molecule has 0 atom stereocenters. The molecule has 0 heterocycles. The third-order valence-electron chi connectivity index (χ3n) is 3.11. The highest BCUT2D eigenvalue weighted by Crippen LogP contribution is 2.33. The Morgan fingerprint density at radius 1 is 0.905 bits per heavy atom. The predicted molar refractivity (Wildman–Crippen MR) is 75.7 cm³/mol. The van der Waals surface area contributed by atoms with E-state index in [4.69, 9.17) is 9.47 Å². The molecule has 1 aromatic rings. The summed E-state index contributed by atoms with van der Waals surface area (Å²) in [5.41, 5.74) is 2.49. The number of rotatable bonds is 6. The third-order valence-corrected chi connectivity index (χ3v) is 3.11. The van der Waals surface area contributed by atoms with E-state index in [0.29, 0.717) is 11.5 Å². The van der Waals surface area contributed by atoms with Crippen LogP contribution < -0.4 is 9.47 Å². The molecule has 0 aliphatic rings. The maximum Gasteiger partial charge on any atom is 0.343 e. The van der Waals surface area contributed by atoms with Crippen molar-refractivity contribution < 1.29 is 28.5 Å². The van der Waals surface area contributed by atoms with Crippen LogP contribution in [0.15, 0.2) is 6.07 Å². The molecule has 0 spiro atoms. The van der Waals surface area contributed by atoms with E-state index >= 15 is 0 Å². The minimum Gasteiger partial charge on any atom is -0.482 e. The summed E-state index contributed by atoms with van der Waals surface area (Å²) >= 11 is 0. The Kier molecular flexibility index (Phi) is 6.02. The van der Waals surface area contributed by atoms with Crippen molar-refractivity contribution in [1.29, 1.82) is 0 Å². The van der Waals surface area contributed by atoms with Crippen LogP contribution in [0.2, 0.25) is 0 Å². The van der Waals surface area contributed by atoms with Gasteiger partial charge in [0, 0.05) is 0 Å². The van der Waals surface area contributed by atoms with E-state index in [9.17, 15) is 9.59 Å². The Hall–Kier alpha value is -2.24. The Balaban J connectivity index is 2.92. The standard InChI is InChI=1S/C15H20O6/c1-9-6-12(20-7-13(16)18-4)10(2)11(3)15(9)21-8-14(17)19-5/h6H,7-8H2,1-5H3. The van der Waals surface area contributed by atoms with Crippen LogP contribution in [0.4, 0.5) is 0 Å². The van der Waals surface area contributed by atoms with E-state index in [1.165, 1.54) is 14.2 Å². The number of carbonyl (C=O) groups excluding carboxylic acids is 2. The van der Waals surface area contributed by atoms with Gasteiger partial charge in [-0.25, -0.2) is 9.59 Å². The summed E-state index contributed by atoms with van der Waals surface area (Å²) in [5, 5.41) is 0. The second kappa shape index (κ2) is 7.52. The van der Waals surface area contributed by atoms with Crippen molar-refractivity contribution in [1.82, 2.24) is 0 Å². The summed E-state index contributed by atoms with van der Waals surface area (Å²) in [7, 11) is 2.61. The van der Waals surface area contributed by atoms with Gasteiger partial charge in [0.2, 0.25) is 0 Å². The predicted octanol–water partition coefficient (Wildman–Crippen LogP) is 1.72. The first kappa shape index (κ1) is 16.8. The largest absolute Gasteiger partial charge is 0.482 e. The first-order chi connectivity index (χ1) is 9.90. The lowest BCUT2D eigenvalue weighted by Gasteiger charge is -2.17. The second-order valence-corrected chi connectivity index (χ2v) is 4.50. The molecule has 0 saturated carbocycles. The lowest BCUT2D eigenvalue weighted by Crippen LogP contribution is -2.15. The number of esters is 2. The highest BCUT2D eigenvalue weighted by molar-refractivity contribution is 5.71. The molecule has 0 aromatic heterocycles. The van der Waals surface area contributed by atoms with E-state index < -0.39 is 11.9 Å². The van der Waals surface area contributed by atoms with Gasteiger partial charge < -0.3 is 18.9 Å². The SMILES string of the molecule is COC(=O)COc1cc(C)c(OCC(=O)OC)c(C)c1C. The third kappa shape index (κ3) is 4.37. The summed E-state index contributed by atoms with van der Waals surface area (Å²) in [5.74, 6) is 0.303. The van der Waals surface area contributed by atoms with Crippen LogP contribution in [0.1, 0.15) is 16.7 Å². The van der Waals surface area contributed by atoms with Gasteiger partial charge in [0.1, 0.15) is 11.5 Å². The zero-order valence-electron chi connectivity index (χ0n) is 12.9. The quantitative estimate of drug-likeness (QED) is 0.744. The number of aryl methyl sites for hydroxylation is 1. The normalized spacial score (nSPS) is 9.95. The number of ether oxygens (including phenoxy) is 4. The fourth-order valence-electron chi connectivity index (χ4n) is 1.78. The zero-order chi connectivity index (χ0) is 16.0. The van der Waals surface area contributed by atoms with E-state index in [-0.39, 0.29) is 13.2 Å². The van der Waals surface area contributed by atoms with Crippen molar-refractivity contribution in [3.05, 3.63) is 22.8 Å². The molecule has 0 unspecified atom stereocenters. The molecule has 6 nitrogen and oxygen atoms in total. The van der Waals surface area contributed by atoms with Crippen LogP contribution in [0.5, 0.6) is 11.5 Å². The number of hydrogen-bond donors (Lipinski definition) is 0. The average molecular weight is 296 g/mol. The molecule has 0 aliphatic carbocycles. The van der Waals surface area contributed by atoms with Crippen molar-refractivity contribution in [3.8, 4) is 11.5 Å². The number of methoxy groups -OCH3 is 2. The van der Waals surface area contributed by atoms with Gasteiger partial charge >= 0.3 is 11.9 Å². The second-order valence-electron chi connectivity index (χ2n) is 4.50. The fourth-order valence-corrected chi connectivity index (χ4v) is 1.78. The topological polar surface area (TPSA) is 71.1 Å². The fraction of sp³-hybridized carbons (Fsp3) is 0.467. The maximum atomic E-state index is 11.1. The number of carbonyl (C=O) groups is 2. The summed E-state index contributed by atoms with van der Waals surface area (Å²) in [6, 6.07) is 1.76. The summed E-state index contributed by atoms with van der Waals surface area (Å²) in [6.07, 6.45) is 0. The van der Waals surface area contributed by atoms with Crippen molar-refractivity contribution in [2.75, 3.05) is 27.4 Å². The maximum absolute atomic E-state index is 11.1. The van der Waals surface area contributed by atoms with Crippen LogP contribution in [-0.2, 0) is 19.1 Å². The van der Waals surface area contributed by atoms with Crippen molar-refractivity contribution in [3.63, 3.8) is 0 Å². The van der Waals surface area contributed by atoms with E-state index in [1.54, 1.807) is 6.07 Å². The Morgan fingerprint density at radius 2 is 1.43 bits per heavy atom. The molecule has 0 fully saturated rings. The lowest BCUT2D eigenvalue weighted by atomic mass is 10.0. The van der Waals surface area contributed by atoms with Gasteiger partial charge in [-0.2, -0.15) is 0 Å². The van der Waals surface area contributed by atoms with Crippen LogP contribution in [0, 0.1) is 20.8 Å². The van der Waals surface area contributed by atoms with Crippen LogP contribution in [0.25, 0.3) is 0 Å². The molecule has 0 saturated heterocycles. The summed E-state index contributed by atoms with van der Waals surface area (Å²) in [6.45, 7) is 5.24. The molecular weight excluding hydrogens is 276 g/mol. The highest BCUT2D eigenvalue weighted by Gasteiger charge is 2.15. The van der Waals surface area contributed by atoms with Gasteiger partial charge in [-0.15, -0.1) is 0 Å². The van der Waals surface area contributed by atoms with E-state index in [1.807, 2.05) is 20.8 Å². The minimum absolute atomic E-state index is 0.153. The monoisotopic (exact) mass is 296 g/mol. The summed E-state index contributed by atoms with van der Waals surface area (Å²) in [4.78, 5) is 22.3. The Labute approximate surface area is 123 Å². The van der Waals surface area contributed by atoms with Crippen LogP contribution >= 0.6 is 0 Å². The molecule has 0 N–H and O–H groups in total. The van der Waals surface area contributed by atoms with Crippen molar-refractivity contribution in [2.24, 2.45) is 0 Å². The highest BCUT2D eigenvalue weighted by atomic mass is 16.6. The van der Waals surface area contributed by atoms with Gasteiger partial charge in [-0.05, 0) is 43.5 Å². The molecule has 1 aromatic carbocycles. The van der Waals surface area contributed by atoms with Gasteiger partial charge in [0.25, 0.3) is 0 Å². The molecule has 0 amide bonds. The number of hydrogen-bond acceptors (Lipinski definition) is 6. The van der Waals surface area contributed by atoms with Crippen molar-refractivity contribution in [2.45, 2.75) is 20.8 Å². The first-order valence-corrected chi connectivity index (χ1v) is 6.40. The molecule has 116 valence electrons. The van der Waals surface area contributed by atoms with Gasteiger partial charge in [0.05, 0.1) is 14.2 Å². The molecule has 6 heteroatoms. The minimum atomic E-state index is -0.448. The molecule has 0 radical (unpaired) electrons. The zero-order valence-corrected chi connectivity index (χ0v) is 12.9. The Bertz CT molecular complexity index is 535. The number of benzene rings is 1. The van der Waals surface area contributed by atoms with Crippen molar-refractivity contribution >= 4 is 11.9 Å². The lowest BCUT2D eigenvalue weighted by molar-refractivity contribution is -0.143. The van der Waals surface area contributed by atoms with Gasteiger partial charge in [-0.3, -0.25) is 0 Å². The molecular formula is C15H20O6. The molecule has 0 aliphatic heterocycles. The van der Waals surface area contributed by atoms with Gasteiger partial charge in [0.15, 0.2) is 13.2 Å². The molecule has 0 bridgehead atoms. The smallest absolute Gasteiger partial charge is 0.343 e. The van der Waals surface area contributed by atoms with Crippen LogP contribution in [-0.4, -0.2) is 39.4 Å².